The molecular weight excluding hydrogens is 298 g/mol. The minimum Gasteiger partial charge on any atom is -0.358 e. The van der Waals surface area contributed by atoms with Crippen molar-refractivity contribution in [1.29, 1.82) is 0 Å². The highest BCUT2D eigenvalue weighted by molar-refractivity contribution is 6.49. The first kappa shape index (κ1) is 13.3. The summed E-state index contributed by atoms with van der Waals surface area (Å²) in [6.45, 7) is 1.20. The Balaban J connectivity index is 1.79. The van der Waals surface area contributed by atoms with Crippen LogP contribution >= 0.6 is 11.6 Å². The van der Waals surface area contributed by atoms with Crippen LogP contribution in [0.15, 0.2) is 59.3 Å². The Morgan fingerprint density at radius 3 is 1.86 bits per heavy atom. The van der Waals surface area contributed by atoms with Crippen LogP contribution in [0, 0.1) is 0 Å². The fourth-order valence-electron chi connectivity index (χ4n) is 3.11. The van der Waals surface area contributed by atoms with Crippen LogP contribution in [0.3, 0.4) is 0 Å². The van der Waals surface area contributed by atoms with E-state index in [-0.39, 0.29) is 16.6 Å². The maximum absolute atomic E-state index is 12.8. The second-order valence-electron chi connectivity index (χ2n) is 5.49. The van der Waals surface area contributed by atoms with Gasteiger partial charge in [-0.05, 0) is 11.1 Å². The van der Waals surface area contributed by atoms with Gasteiger partial charge in [-0.1, -0.05) is 60.1 Å². The molecule has 0 atom stereocenters. The van der Waals surface area contributed by atoms with Gasteiger partial charge in [0.05, 0.1) is 0 Å². The molecule has 0 unspecified atom stereocenters. The van der Waals surface area contributed by atoms with E-state index >= 15 is 0 Å². The van der Waals surface area contributed by atoms with Gasteiger partial charge < -0.3 is 4.90 Å². The highest BCUT2D eigenvalue weighted by atomic mass is 35.5. The van der Waals surface area contributed by atoms with Crippen LogP contribution in [0.2, 0.25) is 0 Å². The van der Waals surface area contributed by atoms with E-state index in [1.807, 2.05) is 29.2 Å². The Bertz CT molecular complexity index is 829. The number of rotatable bonds is 1. The molecule has 22 heavy (non-hydrogen) atoms. The first-order valence-electron chi connectivity index (χ1n) is 7.07. The van der Waals surface area contributed by atoms with Gasteiger partial charge in [0, 0.05) is 24.2 Å². The van der Waals surface area contributed by atoms with E-state index in [2.05, 4.69) is 0 Å². The number of allylic oxidation sites excluding steroid dienone is 2. The Hall–Kier alpha value is -2.39. The van der Waals surface area contributed by atoms with Crippen LogP contribution in [0.1, 0.15) is 31.8 Å². The number of Topliss-reactive ketones (excluding diaryl/α,β-unsaturated/α-hetero) is 2. The number of hydrogen-bond donors (Lipinski definition) is 0. The third kappa shape index (κ3) is 1.82. The molecule has 0 saturated carbocycles. The highest BCUT2D eigenvalue weighted by Crippen LogP contribution is 2.34. The molecule has 0 aromatic heterocycles. The fourth-order valence-corrected chi connectivity index (χ4v) is 3.41. The molecule has 108 valence electrons. The minimum atomic E-state index is -0.275. The Morgan fingerprint density at radius 2 is 1.27 bits per heavy atom. The van der Waals surface area contributed by atoms with Gasteiger partial charge in [0.15, 0.2) is 0 Å². The molecule has 0 fully saturated rings. The van der Waals surface area contributed by atoms with Gasteiger partial charge in [-0.3, -0.25) is 9.59 Å². The molecule has 2 aromatic rings. The first-order chi connectivity index (χ1) is 10.7. The second-order valence-corrected chi connectivity index (χ2v) is 5.87. The second kappa shape index (κ2) is 4.82. The van der Waals surface area contributed by atoms with Crippen LogP contribution in [-0.4, -0.2) is 16.5 Å². The summed E-state index contributed by atoms with van der Waals surface area (Å²) in [5.41, 5.74) is 3.47. The molecule has 0 radical (unpaired) electrons. The molecule has 0 saturated heterocycles. The number of benzene rings is 2. The Kier molecular flexibility index (Phi) is 2.91. The molecule has 1 aliphatic carbocycles. The molecule has 4 rings (SSSR count). The molecule has 1 heterocycles. The van der Waals surface area contributed by atoms with Gasteiger partial charge in [-0.25, -0.2) is 0 Å². The number of carbonyl (C=O) groups excluding carboxylic acids is 2. The van der Waals surface area contributed by atoms with Gasteiger partial charge in [-0.2, -0.15) is 0 Å². The summed E-state index contributed by atoms with van der Waals surface area (Å²) in [4.78, 5) is 27.1. The van der Waals surface area contributed by atoms with Crippen molar-refractivity contribution in [3.63, 3.8) is 0 Å². The SMILES string of the molecule is O=C1C(Cl)=C(N2Cc3ccccc3C2)C(=O)c2ccccc21. The van der Waals surface area contributed by atoms with Crippen molar-refractivity contribution in [2.75, 3.05) is 0 Å². The van der Waals surface area contributed by atoms with E-state index < -0.39 is 0 Å². The summed E-state index contributed by atoms with van der Waals surface area (Å²) in [7, 11) is 0. The van der Waals surface area contributed by atoms with Crippen LogP contribution < -0.4 is 0 Å². The van der Waals surface area contributed by atoms with Crippen molar-refractivity contribution in [3.8, 4) is 0 Å². The normalized spacial score (nSPS) is 16.9. The van der Waals surface area contributed by atoms with E-state index in [4.69, 9.17) is 11.6 Å². The third-order valence-corrected chi connectivity index (χ3v) is 4.55. The molecule has 0 N–H and O–H groups in total. The van der Waals surface area contributed by atoms with E-state index in [1.54, 1.807) is 24.3 Å². The highest BCUT2D eigenvalue weighted by Gasteiger charge is 2.35. The third-order valence-electron chi connectivity index (χ3n) is 4.20. The zero-order chi connectivity index (χ0) is 15.3. The quantitative estimate of drug-likeness (QED) is 0.808. The lowest BCUT2D eigenvalue weighted by molar-refractivity contribution is 0.0946. The lowest BCUT2D eigenvalue weighted by Gasteiger charge is -2.25. The molecular formula is C18H12ClNO2. The molecule has 4 heteroatoms. The summed E-state index contributed by atoms with van der Waals surface area (Å²) in [5.74, 6) is -0.448. The molecule has 3 nitrogen and oxygen atoms in total. The Morgan fingerprint density at radius 1 is 0.773 bits per heavy atom. The van der Waals surface area contributed by atoms with Crippen molar-refractivity contribution in [2.45, 2.75) is 13.1 Å². The number of carbonyl (C=O) groups is 2. The average Bonchev–Trinajstić information content (AvgIpc) is 2.96. The first-order valence-corrected chi connectivity index (χ1v) is 7.44. The van der Waals surface area contributed by atoms with Crippen LogP contribution in [0.25, 0.3) is 0 Å². The molecule has 0 amide bonds. The van der Waals surface area contributed by atoms with E-state index in [0.29, 0.717) is 29.9 Å². The van der Waals surface area contributed by atoms with Crippen molar-refractivity contribution in [1.82, 2.24) is 4.90 Å². The fraction of sp³-hybridized carbons (Fsp3) is 0.111. The van der Waals surface area contributed by atoms with Crippen molar-refractivity contribution in [3.05, 3.63) is 81.5 Å². The van der Waals surface area contributed by atoms with Gasteiger partial charge in [0.25, 0.3) is 0 Å². The lowest BCUT2D eigenvalue weighted by atomic mass is 9.92. The summed E-state index contributed by atoms with van der Waals surface area (Å²) in [6.07, 6.45) is 0. The molecule has 0 bridgehead atoms. The number of hydrogen-bond acceptors (Lipinski definition) is 3. The number of halogens is 1. The van der Waals surface area contributed by atoms with Crippen LogP contribution in [-0.2, 0) is 13.1 Å². The van der Waals surface area contributed by atoms with Crippen LogP contribution in [0.4, 0.5) is 0 Å². The molecule has 2 aliphatic rings. The number of nitrogens with zero attached hydrogens (tertiary/aromatic N) is 1. The zero-order valence-corrected chi connectivity index (χ0v) is 12.4. The largest absolute Gasteiger partial charge is 0.358 e. The lowest BCUT2D eigenvalue weighted by Crippen LogP contribution is -2.30. The molecule has 2 aromatic carbocycles. The molecule has 1 aliphatic heterocycles. The maximum Gasteiger partial charge on any atom is 0.211 e. The number of fused-ring (bicyclic) bond motifs is 2. The predicted octanol–water partition coefficient (Wildman–Crippen LogP) is 3.53. The summed E-state index contributed by atoms with van der Waals surface area (Å²) in [6, 6.07) is 14.8. The van der Waals surface area contributed by atoms with Gasteiger partial charge in [0.1, 0.15) is 10.7 Å². The van der Waals surface area contributed by atoms with E-state index in [1.165, 1.54) is 11.1 Å². The van der Waals surface area contributed by atoms with Gasteiger partial charge in [0.2, 0.25) is 11.6 Å². The van der Waals surface area contributed by atoms with Crippen molar-refractivity contribution in [2.24, 2.45) is 0 Å². The molecule has 0 spiro atoms. The van der Waals surface area contributed by atoms with Gasteiger partial charge >= 0.3 is 0 Å². The zero-order valence-electron chi connectivity index (χ0n) is 11.7. The minimum absolute atomic E-state index is 0.0245. The van der Waals surface area contributed by atoms with Gasteiger partial charge in [-0.15, -0.1) is 0 Å². The average molecular weight is 310 g/mol. The topological polar surface area (TPSA) is 37.4 Å². The maximum atomic E-state index is 12.8. The number of ketones is 2. The van der Waals surface area contributed by atoms with Crippen molar-refractivity contribution >= 4 is 23.2 Å². The van der Waals surface area contributed by atoms with Crippen molar-refractivity contribution < 1.29 is 9.59 Å². The summed E-state index contributed by atoms with van der Waals surface area (Å²) < 4.78 is 0. The van der Waals surface area contributed by atoms with E-state index in [0.717, 1.165) is 0 Å². The van der Waals surface area contributed by atoms with E-state index in [9.17, 15) is 9.59 Å². The van der Waals surface area contributed by atoms with Crippen LogP contribution in [0.5, 0.6) is 0 Å². The summed E-state index contributed by atoms with van der Waals surface area (Å²) >= 11 is 6.25. The monoisotopic (exact) mass is 309 g/mol. The standard InChI is InChI=1S/C18H12ClNO2/c19-15-16(20-9-11-5-1-2-6-12(11)10-20)18(22)14-8-4-3-7-13(14)17(15)21/h1-8H,9-10H2. The predicted molar refractivity (Wildman–Crippen MR) is 83.7 cm³/mol. The summed E-state index contributed by atoms with van der Waals surface area (Å²) in [5, 5.41) is 0.0245. The smallest absolute Gasteiger partial charge is 0.211 e. The Labute approximate surface area is 132 Å².